The maximum Gasteiger partial charge on any atom is 0.322 e. The fraction of sp³-hybridized carbons (Fsp3) is 0.417. The molecule has 1 aromatic rings. The van der Waals surface area contributed by atoms with Crippen molar-refractivity contribution in [3.05, 3.63) is 30.1 Å². The zero-order chi connectivity index (χ0) is 12.3. The molecule has 0 radical (unpaired) electrons. The third-order valence-electron chi connectivity index (χ3n) is 2.88. The quantitative estimate of drug-likeness (QED) is 0.780. The first-order valence-corrected chi connectivity index (χ1v) is 5.71. The molecule has 5 heteroatoms. The Kier molecular flexibility index (Phi) is 3.58. The van der Waals surface area contributed by atoms with Crippen molar-refractivity contribution in [2.24, 2.45) is 0 Å². The van der Waals surface area contributed by atoms with E-state index in [9.17, 15) is 9.18 Å². The summed E-state index contributed by atoms with van der Waals surface area (Å²) in [6.45, 7) is 4.15. The molecule has 1 aliphatic rings. The number of nitrogens with zero attached hydrogens (tertiary/aromatic N) is 1. The Bertz CT molecular complexity index is 410. The van der Waals surface area contributed by atoms with Crippen molar-refractivity contribution < 1.29 is 9.18 Å². The van der Waals surface area contributed by atoms with Crippen molar-refractivity contribution >= 4 is 11.7 Å². The predicted molar refractivity (Wildman–Crippen MR) is 64.5 cm³/mol. The van der Waals surface area contributed by atoms with Crippen molar-refractivity contribution in [2.75, 3.05) is 25.0 Å². The van der Waals surface area contributed by atoms with Crippen LogP contribution in [0, 0.1) is 5.82 Å². The molecule has 0 aliphatic carbocycles. The second-order valence-electron chi connectivity index (χ2n) is 4.16. The summed E-state index contributed by atoms with van der Waals surface area (Å²) in [4.78, 5) is 13.7. The monoisotopic (exact) mass is 237 g/mol. The molecule has 1 atom stereocenters. The van der Waals surface area contributed by atoms with Gasteiger partial charge in [0.2, 0.25) is 0 Å². The minimum atomic E-state index is -0.413. The number of urea groups is 1. The Hall–Kier alpha value is -1.62. The number of benzene rings is 1. The summed E-state index contributed by atoms with van der Waals surface area (Å²) >= 11 is 0. The molecule has 92 valence electrons. The lowest BCUT2D eigenvalue weighted by atomic mass is 10.2. The van der Waals surface area contributed by atoms with E-state index >= 15 is 0 Å². The van der Waals surface area contributed by atoms with E-state index in [1.54, 1.807) is 23.1 Å². The largest absolute Gasteiger partial charge is 0.322 e. The van der Waals surface area contributed by atoms with Crippen LogP contribution in [0.1, 0.15) is 6.92 Å². The van der Waals surface area contributed by atoms with E-state index in [1.807, 2.05) is 6.92 Å². The fourth-order valence-electron chi connectivity index (χ4n) is 1.89. The zero-order valence-electron chi connectivity index (χ0n) is 9.74. The van der Waals surface area contributed by atoms with Crippen LogP contribution in [-0.4, -0.2) is 36.6 Å². The summed E-state index contributed by atoms with van der Waals surface area (Å²) in [5.41, 5.74) is 0.225. The number of hydrogen-bond donors (Lipinski definition) is 2. The average Bonchev–Trinajstić information content (AvgIpc) is 2.32. The Morgan fingerprint density at radius 3 is 3.00 bits per heavy atom. The standard InChI is InChI=1S/C12H16FN3O/c1-9-8-14-6-7-16(9)12(17)15-11-5-3-2-4-10(11)13/h2-5,9,14H,6-8H2,1H3,(H,15,17). The number of rotatable bonds is 1. The molecule has 1 aliphatic heterocycles. The highest BCUT2D eigenvalue weighted by molar-refractivity contribution is 5.89. The van der Waals surface area contributed by atoms with Crippen molar-refractivity contribution in [3.63, 3.8) is 0 Å². The topological polar surface area (TPSA) is 44.4 Å². The maximum atomic E-state index is 13.4. The maximum absolute atomic E-state index is 13.4. The Morgan fingerprint density at radius 1 is 1.53 bits per heavy atom. The molecular formula is C12H16FN3O. The van der Waals surface area contributed by atoms with Gasteiger partial charge >= 0.3 is 6.03 Å². The van der Waals surface area contributed by atoms with Crippen LogP contribution < -0.4 is 10.6 Å². The Balaban J connectivity index is 2.03. The van der Waals surface area contributed by atoms with E-state index in [0.717, 1.165) is 13.1 Å². The van der Waals surface area contributed by atoms with Gasteiger partial charge in [-0.1, -0.05) is 12.1 Å². The van der Waals surface area contributed by atoms with Crippen molar-refractivity contribution in [3.8, 4) is 0 Å². The molecule has 2 N–H and O–H groups in total. The molecular weight excluding hydrogens is 221 g/mol. The Morgan fingerprint density at radius 2 is 2.29 bits per heavy atom. The highest BCUT2D eigenvalue weighted by Crippen LogP contribution is 2.14. The van der Waals surface area contributed by atoms with Gasteiger partial charge < -0.3 is 15.5 Å². The van der Waals surface area contributed by atoms with Crippen LogP contribution in [0.3, 0.4) is 0 Å². The van der Waals surface area contributed by atoms with Crippen LogP contribution >= 0.6 is 0 Å². The summed E-state index contributed by atoms with van der Waals surface area (Å²) in [5.74, 6) is -0.413. The molecule has 0 bridgehead atoms. The van der Waals surface area contributed by atoms with E-state index in [2.05, 4.69) is 10.6 Å². The average molecular weight is 237 g/mol. The number of hydrogen-bond acceptors (Lipinski definition) is 2. The molecule has 1 saturated heterocycles. The molecule has 0 spiro atoms. The van der Waals surface area contributed by atoms with Crippen LogP contribution in [0.4, 0.5) is 14.9 Å². The van der Waals surface area contributed by atoms with Crippen LogP contribution in [0.2, 0.25) is 0 Å². The first-order valence-electron chi connectivity index (χ1n) is 5.71. The molecule has 1 fully saturated rings. The molecule has 2 amide bonds. The lowest BCUT2D eigenvalue weighted by Gasteiger charge is -2.33. The molecule has 0 saturated carbocycles. The minimum Gasteiger partial charge on any atom is -0.319 e. The molecule has 4 nitrogen and oxygen atoms in total. The van der Waals surface area contributed by atoms with Crippen LogP contribution in [0.15, 0.2) is 24.3 Å². The predicted octanol–water partition coefficient (Wildman–Crippen LogP) is 1.65. The summed E-state index contributed by atoms with van der Waals surface area (Å²) in [6.07, 6.45) is 0. The summed E-state index contributed by atoms with van der Waals surface area (Å²) in [7, 11) is 0. The van der Waals surface area contributed by atoms with Gasteiger partial charge in [0.1, 0.15) is 5.82 Å². The van der Waals surface area contributed by atoms with E-state index in [1.165, 1.54) is 6.07 Å². The number of carbonyl (C=O) groups excluding carboxylic acids is 1. The van der Waals surface area contributed by atoms with Gasteiger partial charge in [-0.2, -0.15) is 0 Å². The van der Waals surface area contributed by atoms with Gasteiger partial charge in [-0.15, -0.1) is 0 Å². The van der Waals surface area contributed by atoms with E-state index < -0.39 is 5.82 Å². The molecule has 1 aromatic carbocycles. The van der Waals surface area contributed by atoms with Gasteiger partial charge in [0.25, 0.3) is 0 Å². The van der Waals surface area contributed by atoms with Crippen LogP contribution in [0.5, 0.6) is 0 Å². The zero-order valence-corrected chi connectivity index (χ0v) is 9.74. The van der Waals surface area contributed by atoms with Gasteiger partial charge in [0, 0.05) is 25.7 Å². The number of carbonyl (C=O) groups is 1. The fourth-order valence-corrected chi connectivity index (χ4v) is 1.89. The third-order valence-corrected chi connectivity index (χ3v) is 2.88. The lowest BCUT2D eigenvalue weighted by molar-refractivity contribution is 0.177. The number of nitrogens with one attached hydrogen (secondary N) is 2. The number of halogens is 1. The van der Waals surface area contributed by atoms with Crippen molar-refractivity contribution in [1.82, 2.24) is 10.2 Å². The van der Waals surface area contributed by atoms with Gasteiger partial charge in [-0.3, -0.25) is 0 Å². The van der Waals surface area contributed by atoms with E-state index in [-0.39, 0.29) is 17.8 Å². The molecule has 17 heavy (non-hydrogen) atoms. The highest BCUT2D eigenvalue weighted by Gasteiger charge is 2.23. The minimum absolute atomic E-state index is 0.121. The molecule has 2 rings (SSSR count). The van der Waals surface area contributed by atoms with Gasteiger partial charge in [0.15, 0.2) is 0 Å². The van der Waals surface area contributed by atoms with Gasteiger partial charge in [0.05, 0.1) is 5.69 Å². The van der Waals surface area contributed by atoms with E-state index in [0.29, 0.717) is 6.54 Å². The number of amides is 2. The highest BCUT2D eigenvalue weighted by atomic mass is 19.1. The SMILES string of the molecule is CC1CNCCN1C(=O)Nc1ccccc1F. The molecule has 1 unspecified atom stereocenters. The summed E-state index contributed by atoms with van der Waals surface area (Å²) in [5, 5.41) is 5.79. The van der Waals surface area contributed by atoms with Crippen LogP contribution in [0.25, 0.3) is 0 Å². The molecule has 0 aromatic heterocycles. The Labute approximate surface area is 99.8 Å². The van der Waals surface area contributed by atoms with Crippen LogP contribution in [-0.2, 0) is 0 Å². The normalized spacial score (nSPS) is 20.1. The molecule has 1 heterocycles. The second kappa shape index (κ2) is 5.14. The van der Waals surface area contributed by atoms with E-state index in [4.69, 9.17) is 0 Å². The lowest BCUT2D eigenvalue weighted by Crippen LogP contribution is -2.53. The third kappa shape index (κ3) is 2.74. The summed E-state index contributed by atoms with van der Waals surface area (Å²) < 4.78 is 13.4. The second-order valence-corrected chi connectivity index (χ2v) is 4.16. The first kappa shape index (κ1) is 11.9. The number of piperazine rings is 1. The van der Waals surface area contributed by atoms with Gasteiger partial charge in [-0.05, 0) is 19.1 Å². The van der Waals surface area contributed by atoms with Gasteiger partial charge in [-0.25, -0.2) is 9.18 Å². The summed E-state index contributed by atoms with van der Waals surface area (Å²) in [6, 6.07) is 6.05. The number of para-hydroxylation sites is 1. The first-order chi connectivity index (χ1) is 8.18. The number of anilines is 1. The smallest absolute Gasteiger partial charge is 0.319 e. The van der Waals surface area contributed by atoms with Crippen molar-refractivity contribution in [1.29, 1.82) is 0 Å². The van der Waals surface area contributed by atoms with Crippen molar-refractivity contribution in [2.45, 2.75) is 13.0 Å².